The molecule has 41 heavy (non-hydrogen) atoms. The lowest BCUT2D eigenvalue weighted by atomic mass is 9.93. The highest BCUT2D eigenvalue weighted by Crippen LogP contribution is 2.37. The van der Waals surface area contributed by atoms with Crippen LogP contribution < -0.4 is 5.32 Å². The lowest BCUT2D eigenvalue weighted by molar-refractivity contribution is -0.255. The van der Waals surface area contributed by atoms with Crippen LogP contribution in [-0.4, -0.2) is 80.7 Å². The van der Waals surface area contributed by atoms with Crippen LogP contribution in [0, 0.1) is 0 Å². The molecule has 1 amide bonds. The first kappa shape index (κ1) is 29.1. The molecule has 3 aromatic rings. The number of amides is 1. The van der Waals surface area contributed by atoms with E-state index in [2.05, 4.69) is 25.3 Å². The number of hydrogen-bond donors (Lipinski definition) is 2. The number of esters is 4. The second kappa shape index (κ2) is 12.5. The molecule has 1 fully saturated rings. The molecule has 0 aliphatic carbocycles. The number of nitrogens with zero attached hydrogens (tertiary/aromatic N) is 3. The molecule has 1 aliphatic heterocycles. The van der Waals surface area contributed by atoms with Crippen LogP contribution in [0.15, 0.2) is 36.7 Å². The number of fused-ring (bicyclic) bond motifs is 1. The van der Waals surface area contributed by atoms with E-state index in [0.29, 0.717) is 11.1 Å². The van der Waals surface area contributed by atoms with Crippen LogP contribution in [0.4, 0.5) is 5.82 Å². The zero-order chi connectivity index (χ0) is 29.7. The van der Waals surface area contributed by atoms with Crippen LogP contribution in [0.2, 0.25) is 0 Å². The van der Waals surface area contributed by atoms with Crippen LogP contribution in [0.1, 0.15) is 50.0 Å². The number of carbonyl (C=O) groups excluding carboxylic acids is 5. The third-order valence-corrected chi connectivity index (χ3v) is 5.82. The standard InChI is InChI=1S/C26H27N5O10/c1-12(32)37-10-17-19(38-13(2)33)20(39-14(3)34)21(40-15(4)35)22(41-17)25-29-23-18(27-11-28-23)24(30-25)31-26(36)16-8-6-5-7-9-16/h5-9,11,17,19-22H,10H2,1-4H3,(H2,27,28,29,30,31,36)/t17-,19-,20+,21-,22-/m1/s1. The molecule has 4 rings (SSSR count). The molecule has 1 saturated heterocycles. The monoisotopic (exact) mass is 569 g/mol. The molecule has 0 unspecified atom stereocenters. The number of imidazole rings is 1. The van der Waals surface area contributed by atoms with E-state index >= 15 is 0 Å². The van der Waals surface area contributed by atoms with E-state index in [4.69, 9.17) is 23.7 Å². The number of carbonyl (C=O) groups is 5. The van der Waals surface area contributed by atoms with Crippen LogP contribution in [-0.2, 0) is 42.9 Å². The number of hydrogen-bond acceptors (Lipinski definition) is 13. The molecule has 1 aliphatic rings. The Bertz CT molecular complexity index is 1460. The third-order valence-electron chi connectivity index (χ3n) is 5.82. The molecule has 0 bridgehead atoms. The maximum Gasteiger partial charge on any atom is 0.303 e. The van der Waals surface area contributed by atoms with Crippen LogP contribution in [0.5, 0.6) is 0 Å². The van der Waals surface area contributed by atoms with E-state index in [1.54, 1.807) is 30.3 Å². The Morgan fingerprint density at radius 3 is 2.12 bits per heavy atom. The molecule has 15 nitrogen and oxygen atoms in total. The maximum absolute atomic E-state index is 12.9. The van der Waals surface area contributed by atoms with E-state index < -0.39 is 66.9 Å². The van der Waals surface area contributed by atoms with Gasteiger partial charge in [0.2, 0.25) is 0 Å². The maximum atomic E-state index is 12.9. The average Bonchev–Trinajstić information content (AvgIpc) is 3.39. The summed E-state index contributed by atoms with van der Waals surface area (Å²) in [7, 11) is 0. The zero-order valence-electron chi connectivity index (χ0n) is 22.5. The minimum Gasteiger partial charge on any atom is -0.463 e. The van der Waals surface area contributed by atoms with Crippen molar-refractivity contribution in [1.29, 1.82) is 0 Å². The van der Waals surface area contributed by atoms with Gasteiger partial charge in [0, 0.05) is 33.3 Å². The fourth-order valence-electron chi connectivity index (χ4n) is 4.27. The SMILES string of the molecule is CC(=O)OC[C@H]1O[C@@H](c2nc(NC(=O)c3ccccc3)c3[nH]cnc3n2)[C@H](OC(C)=O)[C@@H](OC(C)=O)[C@@H]1OC(C)=O. The van der Waals surface area contributed by atoms with Crippen LogP contribution >= 0.6 is 0 Å². The fraction of sp³-hybridized carbons (Fsp3) is 0.385. The molecule has 3 heterocycles. The predicted octanol–water partition coefficient (Wildman–Crippen LogP) is 1.40. The van der Waals surface area contributed by atoms with Crippen molar-refractivity contribution in [3.05, 3.63) is 48.0 Å². The van der Waals surface area contributed by atoms with E-state index in [-0.39, 0.29) is 17.3 Å². The number of anilines is 1. The number of rotatable bonds is 8. The van der Waals surface area contributed by atoms with Crippen LogP contribution in [0.3, 0.4) is 0 Å². The minimum atomic E-state index is -1.43. The summed E-state index contributed by atoms with van der Waals surface area (Å²) in [6.07, 6.45) is -5.41. The van der Waals surface area contributed by atoms with Gasteiger partial charge in [-0.25, -0.2) is 15.0 Å². The molecule has 5 atom stereocenters. The zero-order valence-corrected chi connectivity index (χ0v) is 22.5. The molecule has 2 aromatic heterocycles. The molecule has 2 N–H and O–H groups in total. The van der Waals surface area contributed by atoms with Gasteiger partial charge in [-0.3, -0.25) is 24.0 Å². The lowest BCUT2D eigenvalue weighted by Gasteiger charge is -2.43. The van der Waals surface area contributed by atoms with Crippen LogP contribution in [0.25, 0.3) is 11.2 Å². The van der Waals surface area contributed by atoms with E-state index in [1.807, 2.05) is 0 Å². The Balaban J connectivity index is 1.81. The molecule has 0 radical (unpaired) electrons. The third kappa shape index (κ3) is 7.00. The minimum absolute atomic E-state index is 0.0317. The summed E-state index contributed by atoms with van der Waals surface area (Å²) in [6, 6.07) is 8.38. The Hall–Kier alpha value is -4.92. The number of H-pyrrole nitrogens is 1. The highest BCUT2D eigenvalue weighted by atomic mass is 16.7. The van der Waals surface area contributed by atoms with Crippen molar-refractivity contribution in [1.82, 2.24) is 19.9 Å². The smallest absolute Gasteiger partial charge is 0.303 e. The lowest BCUT2D eigenvalue weighted by Crippen LogP contribution is -2.59. The van der Waals surface area contributed by atoms with E-state index in [0.717, 1.165) is 20.8 Å². The molecular weight excluding hydrogens is 542 g/mol. The van der Waals surface area contributed by atoms with Gasteiger partial charge in [-0.1, -0.05) is 18.2 Å². The van der Waals surface area contributed by atoms with Gasteiger partial charge in [0.15, 0.2) is 41.7 Å². The molecule has 1 aromatic carbocycles. The second-order valence-corrected chi connectivity index (χ2v) is 8.97. The molecular formula is C26H27N5O10. The number of aromatic amines is 1. The number of aromatic nitrogens is 4. The second-order valence-electron chi connectivity index (χ2n) is 8.97. The highest BCUT2D eigenvalue weighted by molar-refractivity contribution is 6.06. The van der Waals surface area contributed by atoms with Crippen molar-refractivity contribution in [2.75, 3.05) is 11.9 Å². The quantitative estimate of drug-likeness (QED) is 0.292. The van der Waals surface area contributed by atoms with Gasteiger partial charge in [-0.05, 0) is 12.1 Å². The van der Waals surface area contributed by atoms with Gasteiger partial charge in [-0.2, -0.15) is 0 Å². The first-order chi connectivity index (χ1) is 19.5. The molecule has 0 saturated carbocycles. The largest absolute Gasteiger partial charge is 0.463 e. The Morgan fingerprint density at radius 1 is 0.854 bits per heavy atom. The van der Waals surface area contributed by atoms with Gasteiger partial charge in [0.05, 0.1) is 6.33 Å². The summed E-state index contributed by atoms with van der Waals surface area (Å²) < 4.78 is 27.6. The summed E-state index contributed by atoms with van der Waals surface area (Å²) in [4.78, 5) is 76.7. The Labute approximate surface area is 232 Å². The first-order valence-electron chi connectivity index (χ1n) is 12.4. The Morgan fingerprint density at radius 2 is 1.49 bits per heavy atom. The topological polar surface area (TPSA) is 198 Å². The first-order valence-corrected chi connectivity index (χ1v) is 12.4. The number of benzene rings is 1. The summed E-state index contributed by atoms with van der Waals surface area (Å²) >= 11 is 0. The van der Waals surface area contributed by atoms with Gasteiger partial charge < -0.3 is 34.0 Å². The molecule has 216 valence electrons. The summed E-state index contributed by atoms with van der Waals surface area (Å²) in [5.41, 5.74) is 0.780. The van der Waals surface area contributed by atoms with Gasteiger partial charge in [-0.15, -0.1) is 0 Å². The van der Waals surface area contributed by atoms with Crippen molar-refractivity contribution in [3.63, 3.8) is 0 Å². The van der Waals surface area contributed by atoms with Gasteiger partial charge in [0.25, 0.3) is 5.91 Å². The summed E-state index contributed by atoms with van der Waals surface area (Å²) in [6.45, 7) is 4.11. The van der Waals surface area contributed by atoms with Crippen molar-refractivity contribution in [2.24, 2.45) is 0 Å². The fourth-order valence-corrected chi connectivity index (χ4v) is 4.27. The summed E-state index contributed by atoms with van der Waals surface area (Å²) in [5, 5.41) is 2.70. The Kier molecular flexibility index (Phi) is 8.87. The highest BCUT2D eigenvalue weighted by Gasteiger charge is 2.53. The predicted molar refractivity (Wildman–Crippen MR) is 137 cm³/mol. The van der Waals surface area contributed by atoms with Crippen molar-refractivity contribution in [3.8, 4) is 0 Å². The number of nitrogens with one attached hydrogen (secondary N) is 2. The van der Waals surface area contributed by atoms with Crippen molar-refractivity contribution < 1.29 is 47.7 Å². The van der Waals surface area contributed by atoms with Crippen molar-refractivity contribution in [2.45, 2.75) is 58.2 Å². The van der Waals surface area contributed by atoms with Gasteiger partial charge in [0.1, 0.15) is 18.2 Å². The molecule has 15 heteroatoms. The average molecular weight is 570 g/mol. The number of ether oxygens (including phenoxy) is 5. The normalized spacial score (nSPS) is 21.9. The summed E-state index contributed by atoms with van der Waals surface area (Å²) in [5.74, 6) is -3.54. The van der Waals surface area contributed by atoms with Gasteiger partial charge >= 0.3 is 23.9 Å². The van der Waals surface area contributed by atoms with E-state index in [1.165, 1.54) is 13.3 Å². The molecule has 0 spiro atoms. The van der Waals surface area contributed by atoms with E-state index in [9.17, 15) is 24.0 Å². The van der Waals surface area contributed by atoms with Crippen molar-refractivity contribution >= 4 is 46.8 Å².